The number of halogens is 1. The lowest BCUT2D eigenvalue weighted by Crippen LogP contribution is -2.03. The van der Waals surface area contributed by atoms with Crippen LogP contribution in [0.25, 0.3) is 0 Å². The highest BCUT2D eigenvalue weighted by atomic mass is 35.5. The monoisotopic (exact) mass is 248 g/mol. The molecule has 0 aliphatic carbocycles. The van der Waals surface area contributed by atoms with E-state index in [0.29, 0.717) is 11.8 Å². The fraction of sp³-hybridized carbons (Fsp3) is 0.231. The molecule has 4 heteroatoms. The molecule has 0 aliphatic rings. The Labute approximate surface area is 105 Å². The van der Waals surface area contributed by atoms with Crippen molar-refractivity contribution in [2.45, 2.75) is 13.3 Å². The number of pyridine rings is 2. The third-order valence-corrected chi connectivity index (χ3v) is 2.57. The van der Waals surface area contributed by atoms with Crippen LogP contribution in [0, 0.1) is 6.92 Å². The molecule has 0 fully saturated rings. The van der Waals surface area contributed by atoms with E-state index in [1.54, 1.807) is 18.5 Å². The second kappa shape index (κ2) is 5.64. The van der Waals surface area contributed by atoms with Crippen LogP contribution in [0.2, 0.25) is 5.15 Å². The van der Waals surface area contributed by atoms with Gasteiger partial charge in [0.05, 0.1) is 6.61 Å². The molecule has 88 valence electrons. The molecule has 0 aromatic carbocycles. The van der Waals surface area contributed by atoms with E-state index in [1.807, 2.05) is 25.1 Å². The Balaban J connectivity index is 1.92. The molecule has 0 spiro atoms. The van der Waals surface area contributed by atoms with Crippen molar-refractivity contribution in [1.29, 1.82) is 0 Å². The summed E-state index contributed by atoms with van der Waals surface area (Å²) in [6.07, 6.45) is 4.27. The highest BCUT2D eigenvalue weighted by molar-refractivity contribution is 6.29. The summed E-state index contributed by atoms with van der Waals surface area (Å²) >= 11 is 5.81. The number of hydrogen-bond donors (Lipinski definition) is 0. The van der Waals surface area contributed by atoms with Gasteiger partial charge < -0.3 is 4.74 Å². The number of hydrogen-bond acceptors (Lipinski definition) is 3. The van der Waals surface area contributed by atoms with Crippen LogP contribution in [0.15, 0.2) is 36.7 Å². The number of aromatic nitrogens is 2. The molecule has 0 amide bonds. The molecule has 0 saturated carbocycles. The second-order valence-electron chi connectivity index (χ2n) is 3.69. The molecule has 0 atom stereocenters. The van der Waals surface area contributed by atoms with Gasteiger partial charge in [0.2, 0.25) is 0 Å². The maximum Gasteiger partial charge on any atom is 0.132 e. The number of ether oxygens (including phenoxy) is 1. The van der Waals surface area contributed by atoms with Crippen LogP contribution in [-0.2, 0) is 6.42 Å². The van der Waals surface area contributed by atoms with Gasteiger partial charge in [0.25, 0.3) is 0 Å². The van der Waals surface area contributed by atoms with Crippen LogP contribution in [0.5, 0.6) is 5.75 Å². The Bertz CT molecular complexity index is 488. The summed E-state index contributed by atoms with van der Waals surface area (Å²) < 4.78 is 5.66. The lowest BCUT2D eigenvalue weighted by atomic mass is 10.3. The van der Waals surface area contributed by atoms with E-state index >= 15 is 0 Å². The number of nitrogens with zero attached hydrogens (tertiary/aromatic N) is 2. The first kappa shape index (κ1) is 11.9. The van der Waals surface area contributed by atoms with Crippen molar-refractivity contribution < 1.29 is 4.74 Å². The second-order valence-corrected chi connectivity index (χ2v) is 4.08. The summed E-state index contributed by atoms with van der Waals surface area (Å²) in [6.45, 7) is 2.53. The SMILES string of the molecule is Cc1cnc(Cl)cc1OCCc1ccccn1. The zero-order valence-electron chi connectivity index (χ0n) is 9.56. The lowest BCUT2D eigenvalue weighted by Gasteiger charge is -2.08. The fourth-order valence-corrected chi connectivity index (χ4v) is 1.60. The van der Waals surface area contributed by atoms with Gasteiger partial charge in [-0.05, 0) is 19.1 Å². The molecular formula is C13H13ClN2O. The van der Waals surface area contributed by atoms with Gasteiger partial charge in [-0.3, -0.25) is 4.98 Å². The summed E-state index contributed by atoms with van der Waals surface area (Å²) in [7, 11) is 0. The molecule has 0 aliphatic heterocycles. The van der Waals surface area contributed by atoms with Gasteiger partial charge in [-0.15, -0.1) is 0 Å². The van der Waals surface area contributed by atoms with E-state index in [9.17, 15) is 0 Å². The van der Waals surface area contributed by atoms with Crippen LogP contribution >= 0.6 is 11.6 Å². The van der Waals surface area contributed by atoms with Crippen LogP contribution in [0.4, 0.5) is 0 Å². The van der Waals surface area contributed by atoms with E-state index in [0.717, 1.165) is 23.4 Å². The molecule has 0 bridgehead atoms. The van der Waals surface area contributed by atoms with Crippen molar-refractivity contribution in [3.63, 3.8) is 0 Å². The standard InChI is InChI=1S/C13H13ClN2O/c1-10-9-16-13(14)8-12(10)17-7-5-11-4-2-3-6-15-11/h2-4,6,8-9H,5,7H2,1H3. The van der Waals surface area contributed by atoms with Gasteiger partial charge in [-0.25, -0.2) is 4.98 Å². The summed E-state index contributed by atoms with van der Waals surface area (Å²) in [6, 6.07) is 7.58. The van der Waals surface area contributed by atoms with E-state index < -0.39 is 0 Å². The molecular weight excluding hydrogens is 236 g/mol. The minimum absolute atomic E-state index is 0.448. The average molecular weight is 249 g/mol. The number of rotatable bonds is 4. The quantitative estimate of drug-likeness (QED) is 0.780. The van der Waals surface area contributed by atoms with Crippen molar-refractivity contribution in [3.05, 3.63) is 53.1 Å². The molecule has 0 radical (unpaired) electrons. The third kappa shape index (κ3) is 3.43. The summed E-state index contributed by atoms with van der Waals surface area (Å²) in [5.74, 6) is 0.779. The Kier molecular flexibility index (Phi) is 3.94. The van der Waals surface area contributed by atoms with Crippen molar-refractivity contribution in [1.82, 2.24) is 9.97 Å². The maximum atomic E-state index is 5.81. The van der Waals surface area contributed by atoms with Gasteiger partial charge in [0.15, 0.2) is 0 Å². The molecule has 17 heavy (non-hydrogen) atoms. The van der Waals surface area contributed by atoms with Crippen LogP contribution in [-0.4, -0.2) is 16.6 Å². The first-order valence-electron chi connectivity index (χ1n) is 5.40. The van der Waals surface area contributed by atoms with Crippen molar-refractivity contribution in [2.24, 2.45) is 0 Å². The van der Waals surface area contributed by atoms with Gasteiger partial charge in [0.1, 0.15) is 10.9 Å². The van der Waals surface area contributed by atoms with Crippen molar-refractivity contribution in [3.8, 4) is 5.75 Å². The minimum Gasteiger partial charge on any atom is -0.493 e. The normalized spacial score (nSPS) is 10.2. The average Bonchev–Trinajstić information content (AvgIpc) is 2.35. The predicted molar refractivity (Wildman–Crippen MR) is 67.4 cm³/mol. The summed E-state index contributed by atoms with van der Waals surface area (Å²) in [5.41, 5.74) is 2.00. The van der Waals surface area contributed by atoms with E-state index in [4.69, 9.17) is 16.3 Å². The summed E-state index contributed by atoms with van der Waals surface area (Å²) in [5, 5.41) is 0.448. The van der Waals surface area contributed by atoms with E-state index in [-0.39, 0.29) is 0 Å². The van der Waals surface area contributed by atoms with Gasteiger partial charge in [-0.1, -0.05) is 17.7 Å². The van der Waals surface area contributed by atoms with Crippen LogP contribution < -0.4 is 4.74 Å². The zero-order chi connectivity index (χ0) is 12.1. The Morgan fingerprint density at radius 2 is 2.18 bits per heavy atom. The maximum absolute atomic E-state index is 5.81. The molecule has 0 N–H and O–H groups in total. The highest BCUT2D eigenvalue weighted by Gasteiger charge is 2.02. The Morgan fingerprint density at radius 3 is 2.94 bits per heavy atom. The van der Waals surface area contributed by atoms with Gasteiger partial charge >= 0.3 is 0 Å². The lowest BCUT2D eigenvalue weighted by molar-refractivity contribution is 0.318. The van der Waals surface area contributed by atoms with Crippen LogP contribution in [0.1, 0.15) is 11.3 Å². The van der Waals surface area contributed by atoms with E-state index in [2.05, 4.69) is 9.97 Å². The topological polar surface area (TPSA) is 35.0 Å². The van der Waals surface area contributed by atoms with Crippen molar-refractivity contribution >= 4 is 11.6 Å². The molecule has 2 aromatic heterocycles. The molecule has 2 heterocycles. The zero-order valence-corrected chi connectivity index (χ0v) is 10.3. The molecule has 3 nitrogen and oxygen atoms in total. The van der Waals surface area contributed by atoms with Crippen molar-refractivity contribution in [2.75, 3.05) is 6.61 Å². The highest BCUT2D eigenvalue weighted by Crippen LogP contribution is 2.20. The number of aryl methyl sites for hydroxylation is 1. The van der Waals surface area contributed by atoms with Crippen LogP contribution in [0.3, 0.4) is 0 Å². The molecule has 0 saturated heterocycles. The largest absolute Gasteiger partial charge is 0.493 e. The minimum atomic E-state index is 0.448. The molecule has 0 unspecified atom stereocenters. The Hall–Kier alpha value is -1.61. The molecule has 2 aromatic rings. The Morgan fingerprint density at radius 1 is 1.29 bits per heavy atom. The summed E-state index contributed by atoms with van der Waals surface area (Å²) in [4.78, 5) is 8.21. The molecule has 2 rings (SSSR count). The van der Waals surface area contributed by atoms with E-state index in [1.165, 1.54) is 0 Å². The first-order valence-corrected chi connectivity index (χ1v) is 5.78. The third-order valence-electron chi connectivity index (χ3n) is 2.36. The van der Waals surface area contributed by atoms with Gasteiger partial charge in [-0.2, -0.15) is 0 Å². The predicted octanol–water partition coefficient (Wildman–Crippen LogP) is 3.06. The van der Waals surface area contributed by atoms with Gasteiger partial charge in [0, 0.05) is 36.1 Å². The smallest absolute Gasteiger partial charge is 0.132 e. The fourth-order valence-electron chi connectivity index (χ4n) is 1.45. The first-order chi connectivity index (χ1) is 8.25.